The summed E-state index contributed by atoms with van der Waals surface area (Å²) in [6, 6.07) is 13.8. The Hall–Kier alpha value is -1.47. The third-order valence-corrected chi connectivity index (χ3v) is 6.21. The van der Waals surface area contributed by atoms with Gasteiger partial charge >= 0.3 is 7.82 Å². The van der Waals surface area contributed by atoms with E-state index in [4.69, 9.17) is 24.3 Å². The summed E-state index contributed by atoms with van der Waals surface area (Å²) in [6.45, 7) is 2.38. The fourth-order valence-corrected chi connectivity index (χ4v) is 4.15. The predicted molar refractivity (Wildman–Crippen MR) is 135 cm³/mol. The minimum Gasteiger partial charge on any atom is -0.376 e. The SMILES string of the molecule is CCCCCCCCCCCCC(COCCOP(=O)(O)O)OOc1cccc2ccccc12. The van der Waals surface area contributed by atoms with Gasteiger partial charge in [-0.05, 0) is 17.9 Å². The van der Waals surface area contributed by atoms with E-state index in [-0.39, 0.29) is 25.9 Å². The van der Waals surface area contributed by atoms with Crippen LogP contribution < -0.4 is 4.89 Å². The van der Waals surface area contributed by atoms with Crippen LogP contribution in [-0.2, 0) is 18.7 Å². The maximum atomic E-state index is 10.8. The van der Waals surface area contributed by atoms with Crippen LogP contribution in [0.5, 0.6) is 5.75 Å². The van der Waals surface area contributed by atoms with Gasteiger partial charge < -0.3 is 19.4 Å². The van der Waals surface area contributed by atoms with Gasteiger partial charge in [-0.25, -0.2) is 4.57 Å². The van der Waals surface area contributed by atoms with Crippen molar-refractivity contribution in [3.8, 4) is 5.75 Å². The summed E-state index contributed by atoms with van der Waals surface area (Å²) in [5.74, 6) is 0.649. The van der Waals surface area contributed by atoms with Crippen molar-refractivity contribution in [1.29, 1.82) is 0 Å². The summed E-state index contributed by atoms with van der Waals surface area (Å²) in [5.41, 5.74) is 0. The van der Waals surface area contributed by atoms with Gasteiger partial charge in [-0.3, -0.25) is 4.52 Å². The molecule has 0 fully saturated rings. The monoisotopic (exact) mass is 496 g/mol. The highest BCUT2D eigenvalue weighted by Gasteiger charge is 2.15. The lowest BCUT2D eigenvalue weighted by Gasteiger charge is -2.18. The number of unbranched alkanes of at least 4 members (excludes halogenated alkanes) is 9. The normalized spacial score (nSPS) is 12.8. The van der Waals surface area contributed by atoms with E-state index < -0.39 is 7.82 Å². The first-order valence-electron chi connectivity index (χ1n) is 12.6. The van der Waals surface area contributed by atoms with Gasteiger partial charge in [0.15, 0.2) is 5.75 Å². The molecule has 2 aromatic rings. The van der Waals surface area contributed by atoms with Crippen LogP contribution in [0.4, 0.5) is 0 Å². The molecule has 1 unspecified atom stereocenters. The first kappa shape index (κ1) is 28.8. The molecule has 0 bridgehead atoms. The molecule has 8 heteroatoms. The third-order valence-electron chi connectivity index (χ3n) is 5.69. The summed E-state index contributed by atoms with van der Waals surface area (Å²) in [6.07, 6.45) is 13.1. The minimum atomic E-state index is -4.48. The average Bonchev–Trinajstić information content (AvgIpc) is 2.82. The summed E-state index contributed by atoms with van der Waals surface area (Å²) < 4.78 is 20.7. The molecule has 2 rings (SSSR count). The Morgan fingerprint density at radius 3 is 2.18 bits per heavy atom. The van der Waals surface area contributed by atoms with Crippen LogP contribution >= 0.6 is 7.82 Å². The molecule has 0 aliphatic rings. The number of phosphoric ester groups is 1. The zero-order chi connectivity index (χ0) is 24.5. The third kappa shape index (κ3) is 12.8. The van der Waals surface area contributed by atoms with Crippen LogP contribution in [0.25, 0.3) is 10.8 Å². The van der Waals surface area contributed by atoms with Crippen LogP contribution in [0.15, 0.2) is 42.5 Å². The number of fused-ring (bicyclic) bond motifs is 1. The van der Waals surface area contributed by atoms with Gasteiger partial charge in [-0.1, -0.05) is 108 Å². The van der Waals surface area contributed by atoms with E-state index in [1.807, 2.05) is 42.5 Å². The molecule has 0 radical (unpaired) electrons. The lowest BCUT2D eigenvalue weighted by Crippen LogP contribution is -2.23. The molecule has 1 atom stereocenters. The number of hydrogen-bond donors (Lipinski definition) is 2. The maximum Gasteiger partial charge on any atom is 0.469 e. The van der Waals surface area contributed by atoms with Gasteiger partial charge in [-0.2, -0.15) is 4.89 Å². The second kappa shape index (κ2) is 17.0. The first-order chi connectivity index (χ1) is 16.5. The summed E-state index contributed by atoms with van der Waals surface area (Å²) in [5, 5.41) is 2.04. The molecule has 0 saturated heterocycles. The maximum absolute atomic E-state index is 10.8. The van der Waals surface area contributed by atoms with E-state index in [9.17, 15) is 4.57 Å². The number of rotatable bonds is 20. The van der Waals surface area contributed by atoms with Gasteiger partial charge in [0.05, 0.1) is 19.8 Å². The average molecular weight is 497 g/mol. The van der Waals surface area contributed by atoms with Gasteiger partial charge in [-0.15, -0.1) is 0 Å². The molecule has 7 nitrogen and oxygen atoms in total. The molecule has 0 aliphatic carbocycles. The van der Waals surface area contributed by atoms with E-state index in [0.29, 0.717) is 5.75 Å². The molecule has 0 saturated carbocycles. The Morgan fingerprint density at radius 2 is 1.47 bits per heavy atom. The zero-order valence-electron chi connectivity index (χ0n) is 20.4. The molecule has 192 valence electrons. The smallest absolute Gasteiger partial charge is 0.376 e. The van der Waals surface area contributed by atoms with Crippen molar-refractivity contribution in [2.75, 3.05) is 19.8 Å². The van der Waals surface area contributed by atoms with Crippen LogP contribution in [0.1, 0.15) is 77.6 Å². The second-order valence-electron chi connectivity index (χ2n) is 8.65. The highest BCUT2D eigenvalue weighted by molar-refractivity contribution is 7.46. The quantitative estimate of drug-likeness (QED) is 0.0886. The largest absolute Gasteiger partial charge is 0.469 e. The molecular weight excluding hydrogens is 455 g/mol. The molecule has 2 aromatic carbocycles. The molecule has 34 heavy (non-hydrogen) atoms. The molecule has 2 N–H and O–H groups in total. The van der Waals surface area contributed by atoms with Gasteiger partial charge in [0.1, 0.15) is 6.10 Å². The van der Waals surface area contributed by atoms with E-state index >= 15 is 0 Å². The van der Waals surface area contributed by atoms with Gasteiger partial charge in [0.2, 0.25) is 0 Å². The van der Waals surface area contributed by atoms with Crippen LogP contribution in [0, 0.1) is 0 Å². The predicted octanol–water partition coefficient (Wildman–Crippen LogP) is 6.96. The molecular formula is C26H41O7P. The fraction of sp³-hybridized carbons (Fsp3) is 0.615. The van der Waals surface area contributed by atoms with Crippen LogP contribution in [0.2, 0.25) is 0 Å². The Bertz CT molecular complexity index is 834. The summed E-state index contributed by atoms with van der Waals surface area (Å²) >= 11 is 0. The summed E-state index contributed by atoms with van der Waals surface area (Å²) in [4.78, 5) is 29.0. The Labute approximate surface area is 203 Å². The van der Waals surface area contributed by atoms with E-state index in [1.165, 1.54) is 51.4 Å². The number of ether oxygens (including phenoxy) is 1. The van der Waals surface area contributed by atoms with Crippen LogP contribution in [-0.4, -0.2) is 35.7 Å². The second-order valence-corrected chi connectivity index (χ2v) is 9.89. The number of benzene rings is 2. The van der Waals surface area contributed by atoms with Crippen LogP contribution in [0.3, 0.4) is 0 Å². The number of phosphoric acid groups is 1. The number of hydrogen-bond acceptors (Lipinski definition) is 5. The van der Waals surface area contributed by atoms with Crippen molar-refractivity contribution in [3.63, 3.8) is 0 Å². The van der Waals surface area contributed by atoms with Crippen molar-refractivity contribution in [3.05, 3.63) is 42.5 Å². The van der Waals surface area contributed by atoms with E-state index in [1.54, 1.807) is 0 Å². The Kier molecular flexibility index (Phi) is 14.4. The Morgan fingerprint density at radius 1 is 0.824 bits per heavy atom. The van der Waals surface area contributed by atoms with Gasteiger partial charge in [0.25, 0.3) is 0 Å². The molecule has 0 heterocycles. The van der Waals surface area contributed by atoms with Crippen molar-refractivity contribution >= 4 is 18.6 Å². The first-order valence-corrected chi connectivity index (χ1v) is 14.1. The van der Waals surface area contributed by atoms with E-state index in [2.05, 4.69) is 11.4 Å². The van der Waals surface area contributed by atoms with E-state index in [0.717, 1.165) is 30.0 Å². The van der Waals surface area contributed by atoms with Crippen molar-refractivity contribution in [1.82, 2.24) is 0 Å². The van der Waals surface area contributed by atoms with Crippen molar-refractivity contribution < 1.29 is 33.4 Å². The standard InChI is InChI=1S/C26H41O7P/c1-2-3-4-5-6-7-8-9-10-11-17-24(22-30-20-21-31-34(27,28)29)32-33-26-19-14-16-23-15-12-13-18-25(23)26/h12-16,18-19,24H,2-11,17,20-22H2,1H3,(H2,27,28,29). The topological polar surface area (TPSA) is 94.5 Å². The zero-order valence-corrected chi connectivity index (χ0v) is 21.3. The Balaban J connectivity index is 1.74. The molecule has 0 aromatic heterocycles. The van der Waals surface area contributed by atoms with Crippen molar-refractivity contribution in [2.45, 2.75) is 83.7 Å². The minimum absolute atomic E-state index is 0.0667. The fourth-order valence-electron chi connectivity index (χ4n) is 3.84. The summed E-state index contributed by atoms with van der Waals surface area (Å²) in [7, 11) is -4.48. The molecule has 0 amide bonds. The lowest BCUT2D eigenvalue weighted by atomic mass is 10.0. The molecule has 0 spiro atoms. The van der Waals surface area contributed by atoms with Crippen molar-refractivity contribution in [2.24, 2.45) is 0 Å². The highest BCUT2D eigenvalue weighted by Crippen LogP contribution is 2.35. The van der Waals surface area contributed by atoms with Gasteiger partial charge in [0, 0.05) is 5.39 Å². The molecule has 0 aliphatic heterocycles. The lowest BCUT2D eigenvalue weighted by molar-refractivity contribution is -0.256. The highest BCUT2D eigenvalue weighted by atomic mass is 31.2.